The molecule has 2 amide bonds. The number of amides is 2. The van der Waals surface area contributed by atoms with Crippen molar-refractivity contribution >= 4 is 29.3 Å². The molecule has 1 aliphatic carbocycles. The highest BCUT2D eigenvalue weighted by Gasteiger charge is 2.33. The molecule has 4 nitrogen and oxygen atoms in total. The maximum absolute atomic E-state index is 12.8. The van der Waals surface area contributed by atoms with Gasteiger partial charge in [0, 0.05) is 24.1 Å². The van der Waals surface area contributed by atoms with Gasteiger partial charge in [-0.3, -0.25) is 9.59 Å². The molecular weight excluding hydrogens is 365 g/mol. The summed E-state index contributed by atoms with van der Waals surface area (Å²) >= 11 is 1.01. The number of halogens is 3. The highest BCUT2D eigenvalue weighted by Crippen LogP contribution is 2.41. The van der Waals surface area contributed by atoms with Crippen molar-refractivity contribution in [1.29, 1.82) is 0 Å². The van der Waals surface area contributed by atoms with Crippen LogP contribution in [0, 0.1) is 0 Å². The third-order valence-corrected chi connectivity index (χ3v) is 5.82. The van der Waals surface area contributed by atoms with Crippen LogP contribution in [0.15, 0.2) is 34.1 Å². The first-order valence-electron chi connectivity index (χ1n) is 8.44. The largest absolute Gasteiger partial charge is 0.416 e. The van der Waals surface area contributed by atoms with E-state index in [1.54, 1.807) is 11.9 Å². The van der Waals surface area contributed by atoms with Crippen LogP contribution in [0.5, 0.6) is 0 Å². The zero-order valence-electron chi connectivity index (χ0n) is 14.2. The first-order chi connectivity index (χ1) is 12.3. The number of anilines is 1. The van der Waals surface area contributed by atoms with Gasteiger partial charge in [0.2, 0.25) is 5.91 Å². The molecule has 26 heavy (non-hydrogen) atoms. The van der Waals surface area contributed by atoms with Crippen molar-refractivity contribution < 1.29 is 22.8 Å². The Bertz CT molecular complexity index is 755. The van der Waals surface area contributed by atoms with Crippen LogP contribution >= 0.6 is 11.8 Å². The van der Waals surface area contributed by atoms with E-state index >= 15 is 0 Å². The second-order valence-electron chi connectivity index (χ2n) is 6.51. The van der Waals surface area contributed by atoms with Crippen molar-refractivity contribution in [1.82, 2.24) is 4.90 Å². The van der Waals surface area contributed by atoms with E-state index in [4.69, 9.17) is 0 Å². The van der Waals surface area contributed by atoms with Gasteiger partial charge in [-0.15, -0.1) is 0 Å². The first-order valence-corrected chi connectivity index (χ1v) is 9.26. The molecule has 1 aliphatic heterocycles. The fourth-order valence-corrected chi connectivity index (χ4v) is 4.10. The molecular formula is C18H19F3N2O2S. The minimum Gasteiger partial charge on any atom is -0.339 e. The van der Waals surface area contributed by atoms with E-state index in [1.807, 2.05) is 0 Å². The Morgan fingerprint density at radius 3 is 2.62 bits per heavy atom. The molecule has 0 radical (unpaired) electrons. The summed E-state index contributed by atoms with van der Waals surface area (Å²) in [6.45, 7) is 0. The molecule has 1 aromatic rings. The maximum Gasteiger partial charge on any atom is 0.416 e. The van der Waals surface area contributed by atoms with E-state index in [2.05, 4.69) is 5.32 Å². The summed E-state index contributed by atoms with van der Waals surface area (Å²) in [7, 11) is 1.73. The number of fused-ring (bicyclic) bond motifs is 1. The Kier molecular flexibility index (Phi) is 5.32. The van der Waals surface area contributed by atoms with Crippen molar-refractivity contribution in [2.45, 2.75) is 49.2 Å². The predicted octanol–water partition coefficient (Wildman–Crippen LogP) is 4.42. The van der Waals surface area contributed by atoms with Gasteiger partial charge in [0.15, 0.2) is 0 Å². The number of nitrogens with one attached hydrogen (secondary N) is 1. The molecule has 140 valence electrons. The zero-order chi connectivity index (χ0) is 18.9. The molecule has 1 fully saturated rings. The quantitative estimate of drug-likeness (QED) is 0.768. The predicted molar refractivity (Wildman–Crippen MR) is 93.7 cm³/mol. The van der Waals surface area contributed by atoms with E-state index < -0.39 is 17.6 Å². The standard InChI is InChI=1S/C18H19F3N2O2S/c1-23(12-5-3-2-4-6-12)16(24)10-15-17(25)22-13-9-11(18(19,20)21)7-8-14(13)26-15/h7-10,12H,2-6H2,1H3,(H,22,25)/b15-10-. The Hall–Kier alpha value is -1.96. The van der Waals surface area contributed by atoms with Gasteiger partial charge in [-0.1, -0.05) is 31.0 Å². The molecule has 1 saturated carbocycles. The van der Waals surface area contributed by atoms with Gasteiger partial charge in [-0.25, -0.2) is 0 Å². The number of hydrogen-bond acceptors (Lipinski definition) is 3. The monoisotopic (exact) mass is 384 g/mol. The maximum atomic E-state index is 12.8. The van der Waals surface area contributed by atoms with Gasteiger partial charge in [0.1, 0.15) is 0 Å². The third kappa shape index (κ3) is 4.06. The molecule has 0 bridgehead atoms. The molecule has 0 atom stereocenters. The molecule has 0 saturated heterocycles. The van der Waals surface area contributed by atoms with E-state index in [1.165, 1.54) is 18.6 Å². The third-order valence-electron chi connectivity index (χ3n) is 4.72. The van der Waals surface area contributed by atoms with Gasteiger partial charge < -0.3 is 10.2 Å². The number of rotatable bonds is 2. The lowest BCUT2D eigenvalue weighted by molar-refractivity contribution is -0.137. The summed E-state index contributed by atoms with van der Waals surface area (Å²) in [5, 5.41) is 2.45. The smallest absolute Gasteiger partial charge is 0.339 e. The SMILES string of the molecule is CN(C(=O)/C=C1\Sc2ccc(C(F)(F)F)cc2NC1=O)C1CCCCC1. The van der Waals surface area contributed by atoms with Gasteiger partial charge >= 0.3 is 6.18 Å². The average molecular weight is 384 g/mol. The zero-order valence-corrected chi connectivity index (χ0v) is 15.0. The summed E-state index contributed by atoms with van der Waals surface area (Å²) in [6, 6.07) is 3.36. The fourth-order valence-electron chi connectivity index (χ4n) is 3.20. The van der Waals surface area contributed by atoms with Crippen LogP contribution in [-0.2, 0) is 15.8 Å². The van der Waals surface area contributed by atoms with Crippen molar-refractivity contribution in [3.05, 3.63) is 34.7 Å². The first kappa shape index (κ1) is 18.8. The lowest BCUT2D eigenvalue weighted by Gasteiger charge is -2.30. The van der Waals surface area contributed by atoms with E-state index in [9.17, 15) is 22.8 Å². The van der Waals surface area contributed by atoms with Crippen LogP contribution in [0.1, 0.15) is 37.7 Å². The van der Waals surface area contributed by atoms with Crippen LogP contribution in [-0.4, -0.2) is 29.8 Å². The van der Waals surface area contributed by atoms with E-state index in [-0.39, 0.29) is 22.5 Å². The minimum absolute atomic E-state index is 0.111. The van der Waals surface area contributed by atoms with Crippen molar-refractivity contribution in [2.75, 3.05) is 12.4 Å². The van der Waals surface area contributed by atoms with E-state index in [0.29, 0.717) is 4.90 Å². The second kappa shape index (κ2) is 7.34. The molecule has 0 aromatic heterocycles. The van der Waals surface area contributed by atoms with Crippen LogP contribution in [0.4, 0.5) is 18.9 Å². The van der Waals surface area contributed by atoms with Crippen molar-refractivity contribution in [3.63, 3.8) is 0 Å². The van der Waals surface area contributed by atoms with Gasteiger partial charge in [-0.2, -0.15) is 13.2 Å². The topological polar surface area (TPSA) is 49.4 Å². The van der Waals surface area contributed by atoms with Gasteiger partial charge in [0.25, 0.3) is 5.91 Å². The highest BCUT2D eigenvalue weighted by molar-refractivity contribution is 8.04. The molecule has 3 rings (SSSR count). The molecule has 2 aliphatic rings. The summed E-state index contributed by atoms with van der Waals surface area (Å²) in [4.78, 5) is 27.0. The van der Waals surface area contributed by atoms with Gasteiger partial charge in [0.05, 0.1) is 16.2 Å². The average Bonchev–Trinajstić information content (AvgIpc) is 2.61. The Labute approximate surface area is 153 Å². The van der Waals surface area contributed by atoms with Crippen LogP contribution < -0.4 is 5.32 Å². The molecule has 0 spiro atoms. The highest BCUT2D eigenvalue weighted by atomic mass is 32.2. The minimum atomic E-state index is -4.47. The number of benzene rings is 1. The Balaban J connectivity index is 1.77. The molecule has 8 heteroatoms. The summed E-state index contributed by atoms with van der Waals surface area (Å²) in [6.07, 6.45) is 2.05. The van der Waals surface area contributed by atoms with Crippen molar-refractivity contribution in [2.24, 2.45) is 0 Å². The molecule has 0 unspecified atom stereocenters. The number of alkyl halides is 3. The Morgan fingerprint density at radius 2 is 1.96 bits per heavy atom. The van der Waals surface area contributed by atoms with Crippen molar-refractivity contribution in [3.8, 4) is 0 Å². The second-order valence-corrected chi connectivity index (χ2v) is 7.60. The number of hydrogen-bond donors (Lipinski definition) is 1. The molecule has 1 N–H and O–H groups in total. The fraction of sp³-hybridized carbons (Fsp3) is 0.444. The van der Waals surface area contributed by atoms with E-state index in [0.717, 1.165) is 49.6 Å². The molecule has 1 aromatic carbocycles. The summed E-state index contributed by atoms with van der Waals surface area (Å²) < 4.78 is 38.4. The van der Waals surface area contributed by atoms with Gasteiger partial charge in [-0.05, 0) is 31.0 Å². The number of likely N-dealkylation sites (N-methyl/N-ethyl adjacent to an activating group) is 1. The number of carbonyl (C=O) groups is 2. The van der Waals surface area contributed by atoms with Crippen LogP contribution in [0.25, 0.3) is 0 Å². The lowest BCUT2D eigenvalue weighted by Crippen LogP contribution is -2.37. The van der Waals surface area contributed by atoms with Crippen LogP contribution in [0.2, 0.25) is 0 Å². The summed E-state index contributed by atoms with van der Waals surface area (Å²) in [5.74, 6) is -0.822. The number of nitrogens with zero attached hydrogens (tertiary/aromatic N) is 1. The number of thioether (sulfide) groups is 1. The number of carbonyl (C=O) groups excluding carboxylic acids is 2. The molecule has 1 heterocycles. The lowest BCUT2D eigenvalue weighted by atomic mass is 9.94. The summed E-state index contributed by atoms with van der Waals surface area (Å²) in [5.41, 5.74) is -0.710. The van der Waals surface area contributed by atoms with Crippen LogP contribution in [0.3, 0.4) is 0 Å². The Morgan fingerprint density at radius 1 is 1.27 bits per heavy atom. The normalized spacial score (nSPS) is 19.8.